The summed E-state index contributed by atoms with van der Waals surface area (Å²) in [6.07, 6.45) is 3.87. The number of halogens is 3. The van der Waals surface area contributed by atoms with Gasteiger partial charge in [-0.15, -0.1) is 0 Å². The fourth-order valence-electron chi connectivity index (χ4n) is 2.63. The number of hydrogen-bond donors (Lipinski definition) is 1. The van der Waals surface area contributed by atoms with Gasteiger partial charge in [0.2, 0.25) is 0 Å². The molecular weight excluding hydrogens is 431 g/mol. The zero-order chi connectivity index (χ0) is 21.6. The highest BCUT2D eigenvalue weighted by Gasteiger charge is 2.16. The second kappa shape index (κ2) is 10.5. The third-order valence-corrected chi connectivity index (χ3v) is 4.95. The number of allylic oxidation sites excluding steroid dienone is 3. The number of carbonyl (C=O) groups is 1. The first-order valence-electron chi connectivity index (χ1n) is 8.92. The predicted molar refractivity (Wildman–Crippen MR) is 123 cm³/mol. The van der Waals surface area contributed by atoms with Gasteiger partial charge in [0, 0.05) is 22.2 Å². The van der Waals surface area contributed by atoms with Crippen molar-refractivity contribution < 1.29 is 9.90 Å². The van der Waals surface area contributed by atoms with E-state index < -0.39 is 5.97 Å². The van der Waals surface area contributed by atoms with Gasteiger partial charge in [0.25, 0.3) is 0 Å². The van der Waals surface area contributed by atoms with Crippen molar-refractivity contribution in [1.29, 1.82) is 0 Å². The van der Waals surface area contributed by atoms with E-state index in [-0.39, 0.29) is 5.71 Å². The number of aliphatic carboxylic acids is 1. The molecule has 0 amide bonds. The van der Waals surface area contributed by atoms with Crippen molar-refractivity contribution in [2.75, 3.05) is 6.54 Å². The van der Waals surface area contributed by atoms with Crippen LogP contribution < -0.4 is 0 Å². The molecule has 0 saturated heterocycles. The van der Waals surface area contributed by atoms with Gasteiger partial charge < -0.3 is 5.11 Å². The molecule has 0 aliphatic heterocycles. The van der Waals surface area contributed by atoms with Crippen LogP contribution in [0.2, 0.25) is 15.1 Å². The van der Waals surface area contributed by atoms with Crippen molar-refractivity contribution in [3.8, 4) is 0 Å². The second-order valence-electron chi connectivity index (χ2n) is 6.11. The van der Waals surface area contributed by atoms with E-state index in [0.29, 0.717) is 32.9 Å². The van der Waals surface area contributed by atoms with E-state index in [4.69, 9.17) is 34.8 Å². The maximum atomic E-state index is 11.3. The Morgan fingerprint density at radius 2 is 1.72 bits per heavy atom. The van der Waals surface area contributed by atoms with Gasteiger partial charge in [-0.25, -0.2) is 4.79 Å². The average molecular weight is 452 g/mol. The van der Waals surface area contributed by atoms with Crippen LogP contribution in [0.25, 0.3) is 11.3 Å². The van der Waals surface area contributed by atoms with Crippen molar-refractivity contribution >= 4 is 57.8 Å². The standard InChI is InChI=1S/C22H21Cl3N2O2/c1-4-15(16-6-8-17(23)9-7-16)12-21(19-11-10-18(24)13-20(19)25)27(5-2)26-14(3)22(28)29/h4,6-13H,5H2,1-3H3,(H,28,29)/b15-4-,21-12-,26-14+. The summed E-state index contributed by atoms with van der Waals surface area (Å²) in [5.74, 6) is -1.09. The quantitative estimate of drug-likeness (QED) is 0.284. The van der Waals surface area contributed by atoms with Crippen LogP contribution >= 0.6 is 34.8 Å². The van der Waals surface area contributed by atoms with Crippen LogP contribution in [0.4, 0.5) is 0 Å². The third kappa shape index (κ3) is 6.10. The molecule has 0 saturated carbocycles. The Labute approximate surface area is 185 Å². The zero-order valence-corrected chi connectivity index (χ0v) is 18.6. The van der Waals surface area contributed by atoms with E-state index in [1.54, 1.807) is 23.2 Å². The first-order chi connectivity index (χ1) is 13.8. The first-order valence-corrected chi connectivity index (χ1v) is 10.1. The van der Waals surface area contributed by atoms with E-state index in [2.05, 4.69) is 5.10 Å². The molecule has 0 aliphatic rings. The summed E-state index contributed by atoms with van der Waals surface area (Å²) in [5, 5.41) is 16.7. The van der Waals surface area contributed by atoms with E-state index in [9.17, 15) is 9.90 Å². The Kier molecular flexibility index (Phi) is 8.32. The van der Waals surface area contributed by atoms with Gasteiger partial charge >= 0.3 is 5.97 Å². The van der Waals surface area contributed by atoms with Gasteiger partial charge in [-0.2, -0.15) is 5.10 Å². The van der Waals surface area contributed by atoms with Crippen LogP contribution in [0.3, 0.4) is 0 Å². The average Bonchev–Trinajstić information content (AvgIpc) is 2.69. The topological polar surface area (TPSA) is 52.9 Å². The molecule has 0 aliphatic carbocycles. The number of benzene rings is 2. The second-order valence-corrected chi connectivity index (χ2v) is 7.39. The molecule has 0 fully saturated rings. The maximum absolute atomic E-state index is 11.3. The van der Waals surface area contributed by atoms with Crippen LogP contribution in [-0.4, -0.2) is 28.3 Å². The van der Waals surface area contributed by atoms with Crippen LogP contribution in [0, 0.1) is 0 Å². The molecule has 0 atom stereocenters. The van der Waals surface area contributed by atoms with E-state index in [1.807, 2.05) is 50.3 Å². The molecule has 0 unspecified atom stereocenters. The fraction of sp³-hybridized carbons (Fsp3) is 0.182. The molecule has 2 rings (SSSR count). The number of rotatable bonds is 7. The molecule has 2 aromatic carbocycles. The van der Waals surface area contributed by atoms with Crippen molar-refractivity contribution in [2.24, 2.45) is 5.10 Å². The van der Waals surface area contributed by atoms with Gasteiger partial charge in [0.1, 0.15) is 5.71 Å². The summed E-state index contributed by atoms with van der Waals surface area (Å²) in [6.45, 7) is 5.69. The minimum Gasteiger partial charge on any atom is -0.477 e. The number of hydrogen-bond acceptors (Lipinski definition) is 3. The van der Waals surface area contributed by atoms with Crippen molar-refractivity contribution in [1.82, 2.24) is 5.01 Å². The van der Waals surface area contributed by atoms with Crippen LogP contribution in [0.5, 0.6) is 0 Å². The molecule has 0 aromatic heterocycles. The highest BCUT2D eigenvalue weighted by atomic mass is 35.5. The largest absolute Gasteiger partial charge is 0.477 e. The highest BCUT2D eigenvalue weighted by Crippen LogP contribution is 2.32. The summed E-state index contributed by atoms with van der Waals surface area (Å²) in [6, 6.07) is 12.6. The monoisotopic (exact) mass is 450 g/mol. The molecule has 0 spiro atoms. The molecule has 2 aromatic rings. The summed E-state index contributed by atoms with van der Waals surface area (Å²) in [5.41, 5.74) is 3.17. The van der Waals surface area contributed by atoms with Gasteiger partial charge in [-0.05, 0) is 68.3 Å². The smallest absolute Gasteiger partial charge is 0.351 e. The summed E-state index contributed by atoms with van der Waals surface area (Å²) < 4.78 is 0. The lowest BCUT2D eigenvalue weighted by molar-refractivity contribution is -0.129. The fourth-order valence-corrected chi connectivity index (χ4v) is 3.26. The van der Waals surface area contributed by atoms with Crippen molar-refractivity contribution in [3.05, 3.63) is 80.8 Å². The minimum atomic E-state index is -1.09. The molecular formula is C22H21Cl3N2O2. The SMILES string of the molecule is C/C=C(/C=C(/c1ccc(Cl)cc1Cl)N(CC)/N=C(\C)C(=O)O)c1ccc(Cl)cc1. The van der Waals surface area contributed by atoms with Gasteiger partial charge in [-0.3, -0.25) is 5.01 Å². The van der Waals surface area contributed by atoms with Gasteiger partial charge in [-0.1, -0.05) is 53.0 Å². The lowest BCUT2D eigenvalue weighted by atomic mass is 10.0. The lowest BCUT2D eigenvalue weighted by Crippen LogP contribution is -2.21. The molecule has 0 radical (unpaired) electrons. The molecule has 0 bridgehead atoms. The number of carboxylic acid groups (broad SMARTS) is 1. The van der Waals surface area contributed by atoms with E-state index >= 15 is 0 Å². The Bertz CT molecular complexity index is 980. The van der Waals surface area contributed by atoms with E-state index in [1.165, 1.54) is 6.92 Å². The normalized spacial score (nSPS) is 12.8. The molecule has 7 heteroatoms. The Hall–Kier alpha value is -2.27. The van der Waals surface area contributed by atoms with Crippen LogP contribution in [0.15, 0.2) is 59.7 Å². The molecule has 4 nitrogen and oxygen atoms in total. The number of carboxylic acids is 1. The number of hydrazone groups is 1. The Morgan fingerprint density at radius 3 is 2.24 bits per heavy atom. The van der Waals surface area contributed by atoms with Crippen LogP contribution in [0.1, 0.15) is 31.9 Å². The van der Waals surface area contributed by atoms with Crippen molar-refractivity contribution in [2.45, 2.75) is 20.8 Å². The van der Waals surface area contributed by atoms with Gasteiger partial charge in [0.05, 0.1) is 10.7 Å². The summed E-state index contributed by atoms with van der Waals surface area (Å²) in [7, 11) is 0. The number of nitrogens with zero attached hydrogens (tertiary/aromatic N) is 2. The maximum Gasteiger partial charge on any atom is 0.351 e. The lowest BCUT2D eigenvalue weighted by Gasteiger charge is -2.23. The molecule has 152 valence electrons. The van der Waals surface area contributed by atoms with Gasteiger partial charge in [0.15, 0.2) is 0 Å². The summed E-state index contributed by atoms with van der Waals surface area (Å²) in [4.78, 5) is 11.3. The van der Waals surface area contributed by atoms with Crippen LogP contribution in [-0.2, 0) is 4.79 Å². The Balaban J connectivity index is 2.67. The predicted octanol–water partition coefficient (Wildman–Crippen LogP) is 6.87. The molecule has 1 N–H and O–H groups in total. The minimum absolute atomic E-state index is 0.0312. The van der Waals surface area contributed by atoms with Crippen molar-refractivity contribution in [3.63, 3.8) is 0 Å². The first kappa shape index (κ1) is 23.0. The van der Waals surface area contributed by atoms with E-state index in [0.717, 1.165) is 11.1 Å². The highest BCUT2D eigenvalue weighted by molar-refractivity contribution is 6.36. The summed E-state index contributed by atoms with van der Waals surface area (Å²) >= 11 is 18.5. The Morgan fingerprint density at radius 1 is 1.10 bits per heavy atom. The molecule has 29 heavy (non-hydrogen) atoms. The third-order valence-electron chi connectivity index (χ3n) is 4.15. The zero-order valence-electron chi connectivity index (χ0n) is 16.3. The molecule has 0 heterocycles.